The number of hydrogen-bond donors (Lipinski definition) is 2. The summed E-state index contributed by atoms with van der Waals surface area (Å²) in [5.41, 5.74) is 6.55. The highest BCUT2D eigenvalue weighted by Crippen LogP contribution is 2.24. The number of anilines is 4. The van der Waals surface area contributed by atoms with Gasteiger partial charge in [0.15, 0.2) is 0 Å². The molecule has 0 aliphatic carbocycles. The number of unbranched alkanes of at least 4 members (excludes halogenated alkanes) is 1. The summed E-state index contributed by atoms with van der Waals surface area (Å²) >= 11 is 0. The van der Waals surface area contributed by atoms with Crippen LogP contribution in [0, 0.1) is 0 Å². The first kappa shape index (κ1) is 22.6. The summed E-state index contributed by atoms with van der Waals surface area (Å²) in [6, 6.07) is 18.7. The van der Waals surface area contributed by atoms with Crippen LogP contribution in [0.5, 0.6) is 0 Å². The molecule has 2 aromatic carbocycles. The Labute approximate surface area is 197 Å². The summed E-state index contributed by atoms with van der Waals surface area (Å²) in [4.78, 5) is 14.0. The molecule has 6 nitrogen and oxygen atoms in total. The molecule has 0 bridgehead atoms. The molecule has 172 valence electrons. The molecule has 1 aliphatic rings. The number of piperazine rings is 1. The number of nitrogens with zero attached hydrogens (tertiary/aromatic N) is 4. The molecule has 1 fully saturated rings. The molecule has 3 aromatic rings. The minimum Gasteiger partial charge on any atom is -0.388 e. The average molecular weight is 443 g/mol. The maximum absolute atomic E-state index is 4.69. The lowest BCUT2D eigenvalue weighted by Gasteiger charge is -2.38. The van der Waals surface area contributed by atoms with E-state index in [0.717, 1.165) is 55.2 Å². The van der Waals surface area contributed by atoms with Gasteiger partial charge in [-0.05, 0) is 55.3 Å². The third-order valence-corrected chi connectivity index (χ3v) is 6.16. The second kappa shape index (κ2) is 10.9. The normalized spacial score (nSPS) is 13.6. The van der Waals surface area contributed by atoms with E-state index >= 15 is 0 Å². The van der Waals surface area contributed by atoms with Gasteiger partial charge in [0.05, 0.1) is 5.69 Å². The highest BCUT2D eigenvalue weighted by atomic mass is 15.3. The van der Waals surface area contributed by atoms with E-state index in [1.807, 2.05) is 25.2 Å². The van der Waals surface area contributed by atoms with Gasteiger partial charge in [-0.15, -0.1) is 0 Å². The number of benzene rings is 2. The third kappa shape index (κ3) is 5.83. The van der Waals surface area contributed by atoms with Crippen LogP contribution in [0.2, 0.25) is 0 Å². The van der Waals surface area contributed by atoms with Gasteiger partial charge in [0.1, 0.15) is 0 Å². The van der Waals surface area contributed by atoms with Crippen LogP contribution < -0.4 is 15.5 Å². The highest BCUT2D eigenvalue weighted by molar-refractivity contribution is 5.65. The lowest BCUT2D eigenvalue weighted by atomic mass is 10.1. The zero-order valence-corrected chi connectivity index (χ0v) is 19.7. The summed E-state index contributed by atoms with van der Waals surface area (Å²) < 4.78 is 0. The molecule has 6 heteroatoms. The van der Waals surface area contributed by atoms with E-state index in [2.05, 4.69) is 80.3 Å². The van der Waals surface area contributed by atoms with Crippen molar-refractivity contribution in [2.75, 3.05) is 48.8 Å². The van der Waals surface area contributed by atoms with Crippen LogP contribution in [0.3, 0.4) is 0 Å². The van der Waals surface area contributed by atoms with Crippen LogP contribution in [0.1, 0.15) is 26.2 Å². The summed E-state index contributed by atoms with van der Waals surface area (Å²) in [5, 5.41) is 6.47. The molecule has 1 saturated heterocycles. The van der Waals surface area contributed by atoms with Crippen LogP contribution in [0.15, 0.2) is 73.1 Å². The van der Waals surface area contributed by atoms with Gasteiger partial charge in [-0.3, -0.25) is 0 Å². The van der Waals surface area contributed by atoms with Gasteiger partial charge in [0.2, 0.25) is 5.95 Å². The Morgan fingerprint density at radius 3 is 2.30 bits per heavy atom. The van der Waals surface area contributed by atoms with E-state index in [1.54, 1.807) is 6.20 Å². The second-order valence-electron chi connectivity index (χ2n) is 8.41. The van der Waals surface area contributed by atoms with Gasteiger partial charge in [0, 0.05) is 67.7 Å². The minimum atomic E-state index is 0.595. The number of nitrogens with one attached hydrogen (secondary N) is 2. The van der Waals surface area contributed by atoms with Crippen molar-refractivity contribution in [1.82, 2.24) is 14.9 Å². The fourth-order valence-electron chi connectivity index (χ4n) is 4.09. The predicted molar refractivity (Wildman–Crippen MR) is 139 cm³/mol. The predicted octanol–water partition coefficient (Wildman–Crippen LogP) is 5.75. The zero-order valence-electron chi connectivity index (χ0n) is 19.7. The maximum atomic E-state index is 4.69. The number of allylic oxidation sites excluding steroid dienone is 1. The van der Waals surface area contributed by atoms with Crippen molar-refractivity contribution in [3.05, 3.63) is 73.1 Å². The zero-order chi connectivity index (χ0) is 23.0. The van der Waals surface area contributed by atoms with E-state index in [9.17, 15) is 0 Å². The van der Waals surface area contributed by atoms with Crippen molar-refractivity contribution in [3.8, 4) is 11.3 Å². The second-order valence-corrected chi connectivity index (χ2v) is 8.41. The lowest BCUT2D eigenvalue weighted by Crippen LogP contribution is -2.45. The average Bonchev–Trinajstić information content (AvgIpc) is 2.88. The Kier molecular flexibility index (Phi) is 7.45. The van der Waals surface area contributed by atoms with Crippen molar-refractivity contribution in [2.45, 2.75) is 26.2 Å². The van der Waals surface area contributed by atoms with E-state index in [0.29, 0.717) is 5.95 Å². The van der Waals surface area contributed by atoms with Gasteiger partial charge >= 0.3 is 0 Å². The van der Waals surface area contributed by atoms with Gasteiger partial charge in [-0.2, -0.15) is 0 Å². The Morgan fingerprint density at radius 2 is 1.64 bits per heavy atom. The SMILES string of the molecule is C=C(CCCC)N1CCN(c2ccc(Nc3nccc(-c4ccc(NC)cc4)n3)cc2)CC1. The maximum Gasteiger partial charge on any atom is 0.227 e. The summed E-state index contributed by atoms with van der Waals surface area (Å²) in [6.07, 6.45) is 5.35. The Balaban J connectivity index is 1.35. The van der Waals surface area contributed by atoms with Gasteiger partial charge < -0.3 is 20.4 Å². The molecule has 2 N–H and O–H groups in total. The van der Waals surface area contributed by atoms with Crippen LogP contribution in [-0.4, -0.2) is 48.1 Å². The number of aromatic nitrogens is 2. The largest absolute Gasteiger partial charge is 0.388 e. The van der Waals surface area contributed by atoms with Crippen LogP contribution in [0.4, 0.5) is 23.0 Å². The quantitative estimate of drug-likeness (QED) is 0.440. The van der Waals surface area contributed by atoms with Gasteiger partial charge in [-0.1, -0.05) is 32.1 Å². The molecular formula is C27H34N6. The fourth-order valence-corrected chi connectivity index (χ4v) is 4.09. The molecular weight excluding hydrogens is 408 g/mol. The molecule has 0 radical (unpaired) electrons. The third-order valence-electron chi connectivity index (χ3n) is 6.16. The molecule has 2 heterocycles. The molecule has 0 spiro atoms. The summed E-state index contributed by atoms with van der Waals surface area (Å²) in [6.45, 7) is 10.6. The van der Waals surface area contributed by atoms with Crippen molar-refractivity contribution < 1.29 is 0 Å². The van der Waals surface area contributed by atoms with Crippen molar-refractivity contribution >= 4 is 23.0 Å². The molecule has 0 amide bonds. The smallest absolute Gasteiger partial charge is 0.227 e. The van der Waals surface area contributed by atoms with Gasteiger partial charge in [-0.25, -0.2) is 9.97 Å². The summed E-state index contributed by atoms with van der Waals surface area (Å²) in [5.74, 6) is 0.595. The molecule has 33 heavy (non-hydrogen) atoms. The van der Waals surface area contributed by atoms with Crippen LogP contribution in [-0.2, 0) is 0 Å². The molecule has 1 aromatic heterocycles. The lowest BCUT2D eigenvalue weighted by molar-refractivity contribution is 0.310. The highest BCUT2D eigenvalue weighted by Gasteiger charge is 2.18. The van der Waals surface area contributed by atoms with Crippen LogP contribution in [0.25, 0.3) is 11.3 Å². The number of rotatable bonds is 9. The topological polar surface area (TPSA) is 56.3 Å². The first-order chi connectivity index (χ1) is 16.2. The summed E-state index contributed by atoms with van der Waals surface area (Å²) in [7, 11) is 1.92. The van der Waals surface area contributed by atoms with Crippen molar-refractivity contribution in [3.63, 3.8) is 0 Å². The molecule has 0 unspecified atom stereocenters. The fraction of sp³-hybridized carbons (Fsp3) is 0.333. The molecule has 4 rings (SSSR count). The first-order valence-electron chi connectivity index (χ1n) is 11.8. The number of hydrogen-bond acceptors (Lipinski definition) is 6. The van der Waals surface area contributed by atoms with Crippen molar-refractivity contribution in [2.24, 2.45) is 0 Å². The molecule has 0 saturated carbocycles. The molecule has 0 atom stereocenters. The monoisotopic (exact) mass is 442 g/mol. The van der Waals surface area contributed by atoms with E-state index in [4.69, 9.17) is 0 Å². The molecule has 1 aliphatic heterocycles. The Morgan fingerprint density at radius 1 is 0.939 bits per heavy atom. The van der Waals surface area contributed by atoms with E-state index in [-0.39, 0.29) is 0 Å². The standard InChI is InChI=1S/C27H34N6/c1-4-5-6-21(2)32-17-19-33(20-18-32)25-13-11-24(12-14-25)30-27-29-16-15-26(31-27)22-7-9-23(28-3)10-8-22/h7-16,28H,2,4-6,17-20H2,1,3H3,(H,29,30,31). The minimum absolute atomic E-state index is 0.595. The van der Waals surface area contributed by atoms with E-state index in [1.165, 1.54) is 24.2 Å². The Hall–Kier alpha value is -3.54. The van der Waals surface area contributed by atoms with Gasteiger partial charge in [0.25, 0.3) is 0 Å². The van der Waals surface area contributed by atoms with Crippen LogP contribution >= 0.6 is 0 Å². The Bertz CT molecular complexity index is 1040. The van der Waals surface area contributed by atoms with E-state index < -0.39 is 0 Å². The first-order valence-corrected chi connectivity index (χ1v) is 11.8. The van der Waals surface area contributed by atoms with Crippen molar-refractivity contribution in [1.29, 1.82) is 0 Å².